The number of nitrogens with one attached hydrogen (secondary N) is 1. The van der Waals surface area contributed by atoms with Crippen LogP contribution in [0.15, 0.2) is 18.2 Å². The number of ether oxygens (including phenoxy) is 1. The summed E-state index contributed by atoms with van der Waals surface area (Å²) in [6.07, 6.45) is 3.43. The summed E-state index contributed by atoms with van der Waals surface area (Å²) < 4.78 is 19.2. The molecular formula is C17H23ClFNO3. The predicted octanol–water partition coefficient (Wildman–Crippen LogP) is 3.22. The Balaban J connectivity index is 2.00. The highest BCUT2D eigenvalue weighted by Crippen LogP contribution is 2.25. The van der Waals surface area contributed by atoms with Crippen LogP contribution in [0, 0.1) is 11.7 Å². The summed E-state index contributed by atoms with van der Waals surface area (Å²) in [6, 6.07) is 3.64. The highest BCUT2D eigenvalue weighted by Gasteiger charge is 2.29. The highest BCUT2D eigenvalue weighted by molar-refractivity contribution is 6.30. The van der Waals surface area contributed by atoms with Crippen molar-refractivity contribution in [3.8, 4) is 0 Å². The number of halogens is 2. The van der Waals surface area contributed by atoms with Gasteiger partial charge in [0.2, 0.25) is 5.91 Å². The van der Waals surface area contributed by atoms with E-state index in [9.17, 15) is 14.3 Å². The zero-order valence-corrected chi connectivity index (χ0v) is 14.0. The number of aliphatic hydroxyl groups is 1. The average molecular weight is 344 g/mol. The second-order valence-electron chi connectivity index (χ2n) is 5.92. The fraction of sp³-hybridized carbons (Fsp3) is 0.588. The van der Waals surface area contributed by atoms with E-state index in [4.69, 9.17) is 16.3 Å². The van der Waals surface area contributed by atoms with Crippen LogP contribution in [-0.4, -0.2) is 30.3 Å². The lowest BCUT2D eigenvalue weighted by Gasteiger charge is -2.30. The van der Waals surface area contributed by atoms with Gasteiger partial charge in [0.25, 0.3) is 0 Å². The lowest BCUT2D eigenvalue weighted by atomic mass is 9.92. The third kappa shape index (κ3) is 4.90. The summed E-state index contributed by atoms with van der Waals surface area (Å²) in [7, 11) is 0. The van der Waals surface area contributed by atoms with Crippen LogP contribution in [0.3, 0.4) is 0 Å². The van der Waals surface area contributed by atoms with Crippen molar-refractivity contribution in [3.63, 3.8) is 0 Å². The van der Waals surface area contributed by atoms with Gasteiger partial charge in [0.1, 0.15) is 5.82 Å². The Morgan fingerprint density at radius 1 is 1.57 bits per heavy atom. The molecule has 23 heavy (non-hydrogen) atoms. The molecule has 128 valence electrons. The Kier molecular flexibility index (Phi) is 6.81. The lowest BCUT2D eigenvalue weighted by Crippen LogP contribution is -2.40. The first-order chi connectivity index (χ1) is 11.0. The molecule has 0 radical (unpaired) electrons. The van der Waals surface area contributed by atoms with Gasteiger partial charge in [-0.3, -0.25) is 4.79 Å². The number of carbonyl (C=O) groups is 1. The topological polar surface area (TPSA) is 58.6 Å². The quantitative estimate of drug-likeness (QED) is 0.833. The van der Waals surface area contributed by atoms with E-state index in [-0.39, 0.29) is 29.6 Å². The first-order valence-corrected chi connectivity index (χ1v) is 8.40. The molecule has 3 atom stereocenters. The number of aliphatic hydroxyl groups excluding tert-OH is 1. The van der Waals surface area contributed by atoms with Crippen molar-refractivity contribution in [1.29, 1.82) is 0 Å². The minimum Gasteiger partial charge on any atom is -0.394 e. The number of carbonyl (C=O) groups excluding carboxylic acids is 1. The molecule has 3 unspecified atom stereocenters. The molecule has 0 aliphatic carbocycles. The molecule has 0 spiro atoms. The fourth-order valence-electron chi connectivity index (χ4n) is 2.89. The Labute approximate surface area is 141 Å². The summed E-state index contributed by atoms with van der Waals surface area (Å²) in [5, 5.41) is 12.4. The number of amides is 1. The van der Waals surface area contributed by atoms with Gasteiger partial charge in [-0.15, -0.1) is 0 Å². The highest BCUT2D eigenvalue weighted by atomic mass is 35.5. The second-order valence-corrected chi connectivity index (χ2v) is 6.33. The van der Waals surface area contributed by atoms with Gasteiger partial charge in [-0.25, -0.2) is 4.39 Å². The van der Waals surface area contributed by atoms with Gasteiger partial charge in [-0.1, -0.05) is 31.0 Å². The summed E-state index contributed by atoms with van der Waals surface area (Å²) in [6.45, 7) is 2.36. The summed E-state index contributed by atoms with van der Waals surface area (Å²) in [4.78, 5) is 12.4. The third-order valence-corrected chi connectivity index (χ3v) is 4.50. The molecule has 2 rings (SSSR count). The minimum atomic E-state index is -0.637. The monoisotopic (exact) mass is 343 g/mol. The molecule has 1 amide bonds. The maximum atomic E-state index is 13.6. The molecule has 0 aromatic heterocycles. The Hall–Kier alpha value is -1.17. The van der Waals surface area contributed by atoms with Gasteiger partial charge >= 0.3 is 0 Å². The van der Waals surface area contributed by atoms with E-state index in [1.54, 1.807) is 6.07 Å². The van der Waals surface area contributed by atoms with Crippen LogP contribution in [0.4, 0.5) is 4.39 Å². The molecule has 1 aromatic carbocycles. The number of hydrogen-bond donors (Lipinski definition) is 2. The molecule has 1 fully saturated rings. The number of hydrogen-bond acceptors (Lipinski definition) is 3. The largest absolute Gasteiger partial charge is 0.394 e. The minimum absolute atomic E-state index is 0.0172. The molecule has 0 bridgehead atoms. The first-order valence-electron chi connectivity index (χ1n) is 8.03. The SMILES string of the molecule is CCCC1CC(C(=O)NC(CO)c2ccc(Cl)c(F)c2)CCO1. The van der Waals surface area contributed by atoms with Crippen molar-refractivity contribution in [1.82, 2.24) is 5.32 Å². The zero-order valence-electron chi connectivity index (χ0n) is 13.2. The molecule has 1 saturated heterocycles. The van der Waals surface area contributed by atoms with Crippen molar-refractivity contribution in [2.75, 3.05) is 13.2 Å². The van der Waals surface area contributed by atoms with Gasteiger partial charge in [0.05, 0.1) is 23.8 Å². The number of benzene rings is 1. The Bertz CT molecular complexity index is 539. The summed E-state index contributed by atoms with van der Waals surface area (Å²) in [5.74, 6) is -0.818. The lowest BCUT2D eigenvalue weighted by molar-refractivity contribution is -0.131. The van der Waals surface area contributed by atoms with Gasteiger partial charge in [-0.05, 0) is 37.0 Å². The molecule has 0 saturated carbocycles. The normalized spacial score (nSPS) is 22.6. The summed E-state index contributed by atoms with van der Waals surface area (Å²) in [5.41, 5.74) is 0.500. The van der Waals surface area contributed by atoms with Gasteiger partial charge < -0.3 is 15.2 Å². The van der Waals surface area contributed by atoms with Gasteiger partial charge in [-0.2, -0.15) is 0 Å². The standard InChI is InChI=1S/C17H23ClFNO3/c1-2-3-13-8-12(6-7-23-13)17(22)20-16(10-21)11-4-5-14(18)15(19)9-11/h4-5,9,12-13,16,21H,2-3,6-8,10H2,1H3,(H,20,22). The van der Waals surface area contributed by atoms with Crippen LogP contribution < -0.4 is 5.32 Å². The maximum absolute atomic E-state index is 13.6. The Morgan fingerprint density at radius 3 is 3.00 bits per heavy atom. The first kappa shape index (κ1) is 18.2. The van der Waals surface area contributed by atoms with Crippen molar-refractivity contribution in [2.24, 2.45) is 5.92 Å². The van der Waals surface area contributed by atoms with Crippen molar-refractivity contribution in [3.05, 3.63) is 34.6 Å². The smallest absolute Gasteiger partial charge is 0.223 e. The van der Waals surface area contributed by atoms with Crippen molar-refractivity contribution < 1.29 is 19.0 Å². The average Bonchev–Trinajstić information content (AvgIpc) is 2.55. The van der Waals surface area contributed by atoms with Crippen LogP contribution in [-0.2, 0) is 9.53 Å². The predicted molar refractivity (Wildman–Crippen MR) is 86.8 cm³/mol. The van der Waals surface area contributed by atoms with E-state index < -0.39 is 11.9 Å². The summed E-state index contributed by atoms with van der Waals surface area (Å²) >= 11 is 5.66. The molecule has 4 nitrogen and oxygen atoms in total. The van der Waals surface area contributed by atoms with Gasteiger partial charge in [0, 0.05) is 12.5 Å². The van der Waals surface area contributed by atoms with Crippen LogP contribution >= 0.6 is 11.6 Å². The van der Waals surface area contributed by atoms with Gasteiger partial charge in [0.15, 0.2) is 0 Å². The van der Waals surface area contributed by atoms with E-state index in [0.29, 0.717) is 25.0 Å². The van der Waals surface area contributed by atoms with Crippen LogP contribution in [0.5, 0.6) is 0 Å². The van der Waals surface area contributed by atoms with E-state index in [0.717, 1.165) is 12.8 Å². The third-order valence-electron chi connectivity index (χ3n) is 4.19. The van der Waals surface area contributed by atoms with Crippen molar-refractivity contribution in [2.45, 2.75) is 44.8 Å². The Morgan fingerprint density at radius 2 is 2.35 bits per heavy atom. The second kappa shape index (κ2) is 8.62. The van der Waals surface area contributed by atoms with E-state index in [1.807, 2.05) is 0 Å². The molecule has 1 aliphatic rings. The molecule has 2 N–H and O–H groups in total. The molecular weight excluding hydrogens is 321 g/mol. The maximum Gasteiger partial charge on any atom is 0.223 e. The molecule has 1 aromatic rings. The molecule has 6 heteroatoms. The van der Waals surface area contributed by atoms with Crippen LogP contribution in [0.2, 0.25) is 5.02 Å². The zero-order chi connectivity index (χ0) is 16.8. The van der Waals surface area contributed by atoms with Crippen LogP contribution in [0.25, 0.3) is 0 Å². The molecule has 1 aliphatic heterocycles. The number of rotatable bonds is 6. The van der Waals surface area contributed by atoms with Crippen molar-refractivity contribution >= 4 is 17.5 Å². The fourth-order valence-corrected chi connectivity index (χ4v) is 3.01. The van der Waals surface area contributed by atoms with E-state index in [2.05, 4.69) is 12.2 Å². The van der Waals surface area contributed by atoms with E-state index in [1.165, 1.54) is 12.1 Å². The molecule has 1 heterocycles. The van der Waals surface area contributed by atoms with E-state index >= 15 is 0 Å². The van der Waals surface area contributed by atoms with Crippen LogP contribution in [0.1, 0.15) is 44.2 Å².